The van der Waals surface area contributed by atoms with Crippen molar-refractivity contribution in [2.75, 3.05) is 54.5 Å². The summed E-state index contributed by atoms with van der Waals surface area (Å²) in [5.74, 6) is 1.59. The minimum absolute atomic E-state index is 0.0984. The number of piperidine rings is 1. The molecule has 2 aliphatic heterocycles. The van der Waals surface area contributed by atoms with Gasteiger partial charge in [-0.1, -0.05) is 12.1 Å². The molecule has 2 saturated heterocycles. The zero-order chi connectivity index (χ0) is 20.3. The summed E-state index contributed by atoms with van der Waals surface area (Å²) in [7, 11) is 7.00. The second-order valence-electron chi connectivity index (χ2n) is 8.07. The van der Waals surface area contributed by atoms with E-state index in [1.54, 1.807) is 14.2 Å². The highest BCUT2D eigenvalue weighted by molar-refractivity contribution is 5.86. The molecule has 7 heteroatoms. The van der Waals surface area contributed by atoms with Gasteiger partial charge in [-0.3, -0.25) is 9.59 Å². The fourth-order valence-electron chi connectivity index (χ4n) is 4.42. The summed E-state index contributed by atoms with van der Waals surface area (Å²) in [6.07, 6.45) is 2.55. The minimum atomic E-state index is -0.438. The number of hydrogen-bond donors (Lipinski definition) is 0. The Labute approximate surface area is 167 Å². The van der Waals surface area contributed by atoms with Crippen molar-refractivity contribution < 1.29 is 19.1 Å². The Kier molecular flexibility index (Phi) is 6.13. The van der Waals surface area contributed by atoms with Crippen LogP contribution in [0.25, 0.3) is 0 Å². The first-order valence-corrected chi connectivity index (χ1v) is 9.82. The molecule has 2 fully saturated rings. The molecule has 0 N–H and O–H groups in total. The molecule has 0 radical (unpaired) electrons. The molecule has 0 aliphatic carbocycles. The second-order valence-corrected chi connectivity index (χ2v) is 8.07. The highest BCUT2D eigenvalue weighted by Gasteiger charge is 2.49. The molecule has 2 amide bonds. The molecule has 0 saturated carbocycles. The number of likely N-dealkylation sites (tertiary alicyclic amines) is 2. The maximum absolute atomic E-state index is 13.4. The molecule has 154 valence electrons. The van der Waals surface area contributed by atoms with Crippen LogP contribution in [-0.4, -0.2) is 81.0 Å². The van der Waals surface area contributed by atoms with E-state index >= 15 is 0 Å². The van der Waals surface area contributed by atoms with Crippen LogP contribution in [0.1, 0.15) is 24.8 Å². The van der Waals surface area contributed by atoms with Crippen LogP contribution in [-0.2, 0) is 16.1 Å². The van der Waals surface area contributed by atoms with Crippen LogP contribution in [0, 0.1) is 5.41 Å². The summed E-state index contributed by atoms with van der Waals surface area (Å²) >= 11 is 0. The van der Waals surface area contributed by atoms with E-state index in [0.717, 1.165) is 31.4 Å². The smallest absolute Gasteiger partial charge is 0.236 e. The molecule has 2 heterocycles. The topological polar surface area (TPSA) is 62.3 Å². The summed E-state index contributed by atoms with van der Waals surface area (Å²) in [5, 5.41) is 0. The third kappa shape index (κ3) is 3.94. The second kappa shape index (κ2) is 8.39. The molecule has 1 aromatic carbocycles. The van der Waals surface area contributed by atoms with E-state index < -0.39 is 5.41 Å². The Hall–Kier alpha value is -2.28. The monoisotopic (exact) mass is 389 g/mol. The number of likely N-dealkylation sites (N-methyl/N-ethyl adjacent to an activating group) is 1. The van der Waals surface area contributed by atoms with E-state index in [2.05, 4.69) is 0 Å². The van der Waals surface area contributed by atoms with Gasteiger partial charge in [0.15, 0.2) is 11.5 Å². The van der Waals surface area contributed by atoms with E-state index in [0.29, 0.717) is 37.7 Å². The SMILES string of the molecule is COc1cccc(CN2CCC[C@]3(CCN(C(=O)CN(C)C)C3)C2=O)c1OC. The van der Waals surface area contributed by atoms with Crippen molar-refractivity contribution in [3.8, 4) is 11.5 Å². The van der Waals surface area contributed by atoms with Gasteiger partial charge in [0.1, 0.15) is 0 Å². The molecule has 1 spiro atoms. The number of rotatable bonds is 6. The number of nitrogens with zero attached hydrogens (tertiary/aromatic N) is 3. The molecule has 0 unspecified atom stereocenters. The van der Waals surface area contributed by atoms with E-state index in [9.17, 15) is 9.59 Å². The zero-order valence-corrected chi connectivity index (χ0v) is 17.4. The predicted molar refractivity (Wildman–Crippen MR) is 106 cm³/mol. The normalized spacial score (nSPS) is 22.2. The third-order valence-electron chi connectivity index (χ3n) is 5.83. The standard InChI is InChI=1S/C21H31N3O4/c1-22(2)14-18(25)24-12-10-21(15-24)9-6-11-23(20(21)26)13-16-7-5-8-17(27-3)19(16)28-4/h5,7-8H,6,9-15H2,1-4H3/t21-/m1/s1. The summed E-state index contributed by atoms with van der Waals surface area (Å²) in [6.45, 7) is 2.80. The Morgan fingerprint density at radius 3 is 2.64 bits per heavy atom. The minimum Gasteiger partial charge on any atom is -0.493 e. The van der Waals surface area contributed by atoms with Crippen LogP contribution >= 0.6 is 0 Å². The van der Waals surface area contributed by atoms with Crippen LogP contribution < -0.4 is 9.47 Å². The number of amides is 2. The number of methoxy groups -OCH3 is 2. The van der Waals surface area contributed by atoms with Gasteiger partial charge in [-0.25, -0.2) is 0 Å². The molecule has 2 aliphatic rings. The van der Waals surface area contributed by atoms with Gasteiger partial charge < -0.3 is 24.2 Å². The zero-order valence-electron chi connectivity index (χ0n) is 17.4. The van der Waals surface area contributed by atoms with Crippen LogP contribution in [0.3, 0.4) is 0 Å². The fourth-order valence-corrected chi connectivity index (χ4v) is 4.42. The van der Waals surface area contributed by atoms with Crippen molar-refractivity contribution in [2.45, 2.75) is 25.8 Å². The third-order valence-corrected chi connectivity index (χ3v) is 5.83. The van der Waals surface area contributed by atoms with E-state index in [4.69, 9.17) is 9.47 Å². The predicted octanol–water partition coefficient (Wildman–Crippen LogP) is 1.61. The number of benzene rings is 1. The maximum Gasteiger partial charge on any atom is 0.236 e. The molecular formula is C21H31N3O4. The Balaban J connectivity index is 1.74. The highest BCUT2D eigenvalue weighted by atomic mass is 16.5. The molecule has 0 aromatic heterocycles. The van der Waals surface area contributed by atoms with Crippen molar-refractivity contribution in [3.63, 3.8) is 0 Å². The van der Waals surface area contributed by atoms with Gasteiger partial charge in [0, 0.05) is 31.7 Å². The molecule has 0 bridgehead atoms. The van der Waals surface area contributed by atoms with Gasteiger partial charge in [-0.05, 0) is 39.4 Å². The first kappa shape index (κ1) is 20.5. The Morgan fingerprint density at radius 2 is 1.96 bits per heavy atom. The van der Waals surface area contributed by atoms with Crippen molar-refractivity contribution in [1.82, 2.24) is 14.7 Å². The molecule has 1 atom stereocenters. The lowest BCUT2D eigenvalue weighted by molar-refractivity contribution is -0.146. The number of carbonyl (C=O) groups excluding carboxylic acids is 2. The molecule has 28 heavy (non-hydrogen) atoms. The number of hydrogen-bond acceptors (Lipinski definition) is 5. The lowest BCUT2D eigenvalue weighted by Crippen LogP contribution is -2.50. The molecule has 1 aromatic rings. The van der Waals surface area contributed by atoms with Gasteiger partial charge >= 0.3 is 0 Å². The van der Waals surface area contributed by atoms with Crippen LogP contribution in [0.2, 0.25) is 0 Å². The average molecular weight is 389 g/mol. The average Bonchev–Trinajstić information content (AvgIpc) is 3.10. The first-order chi connectivity index (χ1) is 13.4. The van der Waals surface area contributed by atoms with Gasteiger partial charge in [0.2, 0.25) is 11.8 Å². The molecular weight excluding hydrogens is 358 g/mol. The quantitative estimate of drug-likeness (QED) is 0.740. The largest absolute Gasteiger partial charge is 0.493 e. The fraction of sp³-hybridized carbons (Fsp3) is 0.619. The highest BCUT2D eigenvalue weighted by Crippen LogP contribution is 2.41. The van der Waals surface area contributed by atoms with Crippen molar-refractivity contribution in [2.24, 2.45) is 5.41 Å². The molecule has 7 nitrogen and oxygen atoms in total. The van der Waals surface area contributed by atoms with E-state index in [1.165, 1.54) is 0 Å². The Bertz CT molecular complexity index is 736. The lowest BCUT2D eigenvalue weighted by Gasteiger charge is -2.39. The first-order valence-electron chi connectivity index (χ1n) is 9.82. The van der Waals surface area contributed by atoms with Crippen molar-refractivity contribution in [3.05, 3.63) is 23.8 Å². The van der Waals surface area contributed by atoms with Gasteiger partial charge in [-0.15, -0.1) is 0 Å². The number of ether oxygens (including phenoxy) is 2. The number of carbonyl (C=O) groups is 2. The maximum atomic E-state index is 13.4. The number of para-hydroxylation sites is 1. The van der Waals surface area contributed by atoms with Gasteiger partial charge in [0.25, 0.3) is 0 Å². The van der Waals surface area contributed by atoms with E-state index in [-0.39, 0.29) is 11.8 Å². The van der Waals surface area contributed by atoms with Crippen LogP contribution in [0.15, 0.2) is 18.2 Å². The van der Waals surface area contributed by atoms with Crippen LogP contribution in [0.4, 0.5) is 0 Å². The lowest BCUT2D eigenvalue weighted by atomic mass is 9.78. The molecule has 3 rings (SSSR count). The summed E-state index contributed by atoms with van der Waals surface area (Å²) < 4.78 is 10.9. The van der Waals surface area contributed by atoms with Gasteiger partial charge in [0.05, 0.1) is 26.2 Å². The van der Waals surface area contributed by atoms with Crippen molar-refractivity contribution >= 4 is 11.8 Å². The van der Waals surface area contributed by atoms with Crippen LogP contribution in [0.5, 0.6) is 11.5 Å². The van der Waals surface area contributed by atoms with Crippen molar-refractivity contribution in [1.29, 1.82) is 0 Å². The van der Waals surface area contributed by atoms with Gasteiger partial charge in [-0.2, -0.15) is 0 Å². The summed E-state index contributed by atoms with van der Waals surface area (Å²) in [6, 6.07) is 5.74. The summed E-state index contributed by atoms with van der Waals surface area (Å²) in [4.78, 5) is 31.5. The summed E-state index contributed by atoms with van der Waals surface area (Å²) in [5.41, 5.74) is 0.498. The Morgan fingerprint density at radius 1 is 1.18 bits per heavy atom. The van der Waals surface area contributed by atoms with E-state index in [1.807, 2.05) is 47.0 Å².